The lowest BCUT2D eigenvalue weighted by Gasteiger charge is -2.25. The van der Waals surface area contributed by atoms with Crippen molar-refractivity contribution in [3.8, 4) is 5.75 Å². The number of benzene rings is 2. The molecule has 2 aromatic carbocycles. The van der Waals surface area contributed by atoms with Crippen molar-refractivity contribution >= 4 is 29.1 Å². The Hall–Kier alpha value is -3.64. The molecule has 1 aliphatic heterocycles. The number of halogens is 1. The predicted molar refractivity (Wildman–Crippen MR) is 117 cm³/mol. The Bertz CT molecular complexity index is 1180. The lowest BCUT2D eigenvalue weighted by Crippen LogP contribution is -2.29. The third-order valence-corrected chi connectivity index (χ3v) is 5.36. The summed E-state index contributed by atoms with van der Waals surface area (Å²) >= 11 is 6.19. The van der Waals surface area contributed by atoms with Crippen molar-refractivity contribution in [2.75, 3.05) is 7.11 Å². The van der Waals surface area contributed by atoms with Crippen LogP contribution in [-0.2, 0) is 16.1 Å². The van der Waals surface area contributed by atoms with Crippen LogP contribution in [-0.4, -0.2) is 33.8 Å². The van der Waals surface area contributed by atoms with E-state index in [1.165, 1.54) is 12.0 Å². The van der Waals surface area contributed by atoms with Crippen LogP contribution in [0.1, 0.15) is 22.7 Å². The van der Waals surface area contributed by atoms with Crippen LogP contribution in [0.25, 0.3) is 5.76 Å². The average Bonchev–Trinajstić information content (AvgIpc) is 3.04. The van der Waals surface area contributed by atoms with E-state index >= 15 is 0 Å². The molecule has 1 aromatic heterocycles. The summed E-state index contributed by atoms with van der Waals surface area (Å²) < 4.78 is 5.22. The highest BCUT2D eigenvalue weighted by Crippen LogP contribution is 2.41. The minimum absolute atomic E-state index is 0.00408. The zero-order chi connectivity index (χ0) is 22.0. The molecule has 0 bridgehead atoms. The Morgan fingerprint density at radius 3 is 2.65 bits per heavy atom. The standard InChI is InChI=1S/C24H19ClN2O4/c1-31-19-9-3-7-17(12-19)22(28)20-21(16-6-2-8-18(25)11-16)27(24(30)23(20)29)14-15-5-4-10-26-13-15/h2-13,21,28H,14H2,1H3/b22-20+/t21-/m0/s1. The molecule has 2 heterocycles. The number of ether oxygens (including phenoxy) is 1. The lowest BCUT2D eigenvalue weighted by atomic mass is 9.95. The summed E-state index contributed by atoms with van der Waals surface area (Å²) in [6.45, 7) is 0.157. The SMILES string of the molecule is COc1cccc(/C(O)=C2\C(=O)C(=O)N(Cc3cccnc3)[C@H]2c2cccc(Cl)c2)c1. The van der Waals surface area contributed by atoms with E-state index < -0.39 is 17.7 Å². The largest absolute Gasteiger partial charge is 0.507 e. The van der Waals surface area contributed by atoms with Crippen molar-refractivity contribution in [3.63, 3.8) is 0 Å². The number of likely N-dealkylation sites (tertiary alicyclic amines) is 1. The molecule has 0 unspecified atom stereocenters. The number of ketones is 1. The molecule has 1 amide bonds. The first-order chi connectivity index (χ1) is 15.0. The fourth-order valence-corrected chi connectivity index (χ4v) is 3.88. The van der Waals surface area contributed by atoms with Gasteiger partial charge in [-0.15, -0.1) is 0 Å². The van der Waals surface area contributed by atoms with Crippen molar-refractivity contribution < 1.29 is 19.4 Å². The van der Waals surface area contributed by atoms with Gasteiger partial charge in [-0.1, -0.05) is 41.9 Å². The zero-order valence-electron chi connectivity index (χ0n) is 16.7. The van der Waals surface area contributed by atoms with Crippen molar-refractivity contribution in [2.24, 2.45) is 0 Å². The minimum atomic E-state index is -0.801. The molecule has 0 radical (unpaired) electrons. The highest BCUT2D eigenvalue weighted by atomic mass is 35.5. The monoisotopic (exact) mass is 434 g/mol. The number of pyridine rings is 1. The Kier molecular flexibility index (Phi) is 5.73. The number of Topliss-reactive ketones (excluding diaryl/α,β-unsaturated/α-hetero) is 1. The highest BCUT2D eigenvalue weighted by Gasteiger charge is 2.46. The number of hydrogen-bond acceptors (Lipinski definition) is 5. The van der Waals surface area contributed by atoms with Gasteiger partial charge in [0.05, 0.1) is 18.7 Å². The normalized spacial score (nSPS) is 17.7. The van der Waals surface area contributed by atoms with Gasteiger partial charge in [0.25, 0.3) is 11.7 Å². The topological polar surface area (TPSA) is 79.7 Å². The maximum Gasteiger partial charge on any atom is 0.295 e. The maximum atomic E-state index is 13.1. The summed E-state index contributed by atoms with van der Waals surface area (Å²) in [5.41, 5.74) is 1.77. The number of aliphatic hydroxyl groups excluding tert-OH is 1. The van der Waals surface area contributed by atoms with Crippen molar-refractivity contribution in [1.29, 1.82) is 0 Å². The van der Waals surface area contributed by atoms with E-state index in [-0.39, 0.29) is 17.9 Å². The summed E-state index contributed by atoms with van der Waals surface area (Å²) in [5.74, 6) is -1.20. The maximum absolute atomic E-state index is 13.1. The second-order valence-corrected chi connectivity index (χ2v) is 7.51. The molecule has 1 atom stereocenters. The molecule has 6 nitrogen and oxygen atoms in total. The quantitative estimate of drug-likeness (QED) is 0.366. The molecular weight excluding hydrogens is 416 g/mol. The van der Waals surface area contributed by atoms with E-state index in [9.17, 15) is 14.7 Å². The molecule has 0 saturated carbocycles. The summed E-state index contributed by atoms with van der Waals surface area (Å²) in [6.07, 6.45) is 3.27. The second kappa shape index (κ2) is 8.62. The van der Waals surface area contributed by atoms with E-state index in [0.29, 0.717) is 21.9 Å². The van der Waals surface area contributed by atoms with Gasteiger partial charge in [0.15, 0.2) is 0 Å². The van der Waals surface area contributed by atoms with Gasteiger partial charge in [-0.25, -0.2) is 0 Å². The van der Waals surface area contributed by atoms with Crippen LogP contribution in [0.15, 0.2) is 78.6 Å². The van der Waals surface area contributed by atoms with Gasteiger partial charge in [0.1, 0.15) is 11.5 Å². The predicted octanol–water partition coefficient (Wildman–Crippen LogP) is 4.37. The fraction of sp³-hybridized carbons (Fsp3) is 0.125. The summed E-state index contributed by atoms with van der Waals surface area (Å²) in [7, 11) is 1.51. The lowest BCUT2D eigenvalue weighted by molar-refractivity contribution is -0.140. The molecule has 0 spiro atoms. The molecule has 1 saturated heterocycles. The number of methoxy groups -OCH3 is 1. The smallest absolute Gasteiger partial charge is 0.295 e. The van der Waals surface area contributed by atoms with Gasteiger partial charge >= 0.3 is 0 Å². The third-order valence-electron chi connectivity index (χ3n) is 5.12. The van der Waals surface area contributed by atoms with Crippen LogP contribution in [0.2, 0.25) is 5.02 Å². The summed E-state index contributed by atoms with van der Waals surface area (Å²) in [4.78, 5) is 31.6. The Morgan fingerprint density at radius 2 is 1.94 bits per heavy atom. The number of carbonyl (C=O) groups excluding carboxylic acids is 2. The van der Waals surface area contributed by atoms with Crippen molar-refractivity contribution in [3.05, 3.63) is 100 Å². The minimum Gasteiger partial charge on any atom is -0.507 e. The van der Waals surface area contributed by atoms with E-state index in [2.05, 4.69) is 4.98 Å². The third kappa shape index (κ3) is 4.02. The van der Waals surface area contributed by atoms with E-state index in [4.69, 9.17) is 16.3 Å². The number of aromatic nitrogens is 1. The van der Waals surface area contributed by atoms with E-state index in [0.717, 1.165) is 5.56 Å². The Labute approximate surface area is 184 Å². The van der Waals surface area contributed by atoms with Gasteiger partial charge in [0, 0.05) is 29.5 Å². The molecule has 7 heteroatoms. The molecular formula is C24H19ClN2O4. The molecule has 156 valence electrons. The molecule has 1 N–H and O–H groups in total. The van der Waals surface area contributed by atoms with Gasteiger partial charge in [0.2, 0.25) is 0 Å². The van der Waals surface area contributed by atoms with Gasteiger partial charge in [-0.05, 0) is 41.5 Å². The number of rotatable bonds is 5. The number of nitrogens with zero attached hydrogens (tertiary/aromatic N) is 2. The van der Waals surface area contributed by atoms with Crippen LogP contribution in [0, 0.1) is 0 Å². The van der Waals surface area contributed by atoms with Crippen LogP contribution >= 0.6 is 11.6 Å². The number of amides is 1. The van der Waals surface area contributed by atoms with E-state index in [1.807, 2.05) is 6.07 Å². The van der Waals surface area contributed by atoms with Crippen molar-refractivity contribution in [1.82, 2.24) is 9.88 Å². The van der Waals surface area contributed by atoms with Gasteiger partial charge < -0.3 is 14.7 Å². The summed E-state index contributed by atoms with van der Waals surface area (Å²) in [6, 6.07) is 16.4. The fourth-order valence-electron chi connectivity index (χ4n) is 3.68. The molecule has 1 aliphatic rings. The zero-order valence-corrected chi connectivity index (χ0v) is 17.4. The summed E-state index contributed by atoms with van der Waals surface area (Å²) in [5, 5.41) is 11.6. The van der Waals surface area contributed by atoms with Gasteiger partial charge in [-0.3, -0.25) is 14.6 Å². The first kappa shape index (κ1) is 20.6. The van der Waals surface area contributed by atoms with Crippen molar-refractivity contribution in [2.45, 2.75) is 12.6 Å². The van der Waals surface area contributed by atoms with Crippen LogP contribution in [0.3, 0.4) is 0 Å². The number of hydrogen-bond donors (Lipinski definition) is 1. The van der Waals surface area contributed by atoms with Gasteiger partial charge in [-0.2, -0.15) is 0 Å². The molecule has 31 heavy (non-hydrogen) atoms. The van der Waals surface area contributed by atoms with Crippen LogP contribution in [0.5, 0.6) is 5.75 Å². The second-order valence-electron chi connectivity index (χ2n) is 7.08. The molecule has 1 fully saturated rings. The Morgan fingerprint density at radius 1 is 1.13 bits per heavy atom. The Balaban J connectivity index is 1.87. The first-order valence-corrected chi connectivity index (χ1v) is 9.94. The molecule has 4 rings (SSSR count). The van der Waals surface area contributed by atoms with E-state index in [1.54, 1.807) is 67.0 Å². The van der Waals surface area contributed by atoms with Crippen LogP contribution < -0.4 is 4.74 Å². The van der Waals surface area contributed by atoms with Crippen LogP contribution in [0.4, 0.5) is 0 Å². The molecule has 0 aliphatic carbocycles. The number of aliphatic hydroxyl groups is 1. The number of carbonyl (C=O) groups is 2. The average molecular weight is 435 g/mol. The highest BCUT2D eigenvalue weighted by molar-refractivity contribution is 6.46. The molecule has 3 aromatic rings. The first-order valence-electron chi connectivity index (χ1n) is 9.57.